The van der Waals surface area contributed by atoms with Gasteiger partial charge in [-0.15, -0.1) is 0 Å². The van der Waals surface area contributed by atoms with Crippen LogP contribution in [0.2, 0.25) is 0 Å². The zero-order valence-corrected chi connectivity index (χ0v) is 26.2. The van der Waals surface area contributed by atoms with E-state index in [2.05, 4.69) is 53.7 Å². The second-order valence-corrected chi connectivity index (χ2v) is 11.5. The number of carbonyl (C=O) groups excluding carboxylic acids is 1. The molecule has 11 heteroatoms. The highest BCUT2D eigenvalue weighted by molar-refractivity contribution is 5.96. The number of phenols is 1. The van der Waals surface area contributed by atoms with Gasteiger partial charge in [-0.3, -0.25) is 4.79 Å². The van der Waals surface area contributed by atoms with Crippen molar-refractivity contribution in [2.45, 2.75) is 38.1 Å². The summed E-state index contributed by atoms with van der Waals surface area (Å²) in [4.78, 5) is 26.5. The lowest BCUT2D eigenvalue weighted by Crippen LogP contribution is -2.28. The third-order valence-electron chi connectivity index (χ3n) is 7.72. The van der Waals surface area contributed by atoms with Crippen molar-refractivity contribution in [1.29, 1.82) is 0 Å². The summed E-state index contributed by atoms with van der Waals surface area (Å²) < 4.78 is 13.3. The number of nitrogens with zero attached hydrogens (tertiary/aromatic N) is 3. The van der Waals surface area contributed by atoms with Crippen LogP contribution >= 0.6 is 0 Å². The zero-order valence-electron chi connectivity index (χ0n) is 26.2. The number of rotatable bonds is 13. The van der Waals surface area contributed by atoms with Gasteiger partial charge in [-0.2, -0.15) is 15.0 Å². The molecule has 244 valence electrons. The number of alkyl halides is 1. The van der Waals surface area contributed by atoms with Crippen molar-refractivity contribution in [2.24, 2.45) is 0 Å². The molecule has 6 rings (SSSR count). The molecule has 2 unspecified atom stereocenters. The number of anilines is 5. The molecule has 0 bridgehead atoms. The number of halogens is 1. The lowest BCUT2D eigenvalue weighted by atomic mass is 10.0. The minimum Gasteiger partial charge on any atom is -0.508 e. The number of aromatic hydroxyl groups is 1. The average Bonchev–Trinajstić information content (AvgIpc) is 3.10. The van der Waals surface area contributed by atoms with E-state index in [0.717, 1.165) is 29.9 Å². The second-order valence-electron chi connectivity index (χ2n) is 11.5. The van der Waals surface area contributed by atoms with E-state index in [4.69, 9.17) is 0 Å². The topological polar surface area (TPSA) is 136 Å². The Morgan fingerprint density at radius 2 is 1.38 bits per heavy atom. The van der Waals surface area contributed by atoms with Crippen LogP contribution in [0.1, 0.15) is 24.0 Å². The van der Waals surface area contributed by atoms with Gasteiger partial charge in [0.1, 0.15) is 11.9 Å². The van der Waals surface area contributed by atoms with Gasteiger partial charge in [0.2, 0.25) is 17.8 Å². The molecule has 6 N–H and O–H groups in total. The van der Waals surface area contributed by atoms with E-state index in [1.807, 2.05) is 54.6 Å². The number of phenolic OH excluding ortho intramolecular Hbond substituents is 1. The van der Waals surface area contributed by atoms with Gasteiger partial charge in [0.25, 0.3) is 5.91 Å². The van der Waals surface area contributed by atoms with Crippen molar-refractivity contribution >= 4 is 35.1 Å². The van der Waals surface area contributed by atoms with E-state index < -0.39 is 6.17 Å². The Morgan fingerprint density at radius 3 is 2.00 bits per heavy atom. The van der Waals surface area contributed by atoms with Crippen molar-refractivity contribution in [1.82, 2.24) is 25.6 Å². The molecule has 2 atom stereocenters. The van der Waals surface area contributed by atoms with E-state index in [0.29, 0.717) is 48.5 Å². The Hall–Kier alpha value is -5.81. The lowest BCUT2D eigenvalue weighted by molar-refractivity contribution is -0.117. The first kappa shape index (κ1) is 32.1. The molecule has 0 saturated heterocycles. The molecule has 0 radical (unpaired) electrons. The third-order valence-corrected chi connectivity index (χ3v) is 7.72. The van der Waals surface area contributed by atoms with Crippen molar-refractivity contribution < 1.29 is 14.3 Å². The molecular formula is C37H37FN8O2. The van der Waals surface area contributed by atoms with Gasteiger partial charge in [-0.1, -0.05) is 78.9 Å². The molecule has 1 amide bonds. The largest absolute Gasteiger partial charge is 0.508 e. The summed E-state index contributed by atoms with van der Waals surface area (Å²) in [6.07, 6.45) is 10.5. The Balaban J connectivity index is 1.09. The highest BCUT2D eigenvalue weighted by Gasteiger charge is 2.17. The molecule has 0 fully saturated rings. The third kappa shape index (κ3) is 9.36. The number of amides is 1. The van der Waals surface area contributed by atoms with Crippen LogP contribution < -0.4 is 26.6 Å². The maximum absolute atomic E-state index is 13.3. The Morgan fingerprint density at radius 1 is 0.729 bits per heavy atom. The fraction of sp³-hybridized carbons (Fsp3) is 0.189. The highest BCUT2D eigenvalue weighted by atomic mass is 19.1. The Kier molecular flexibility index (Phi) is 10.5. The molecule has 10 nitrogen and oxygen atoms in total. The first-order chi connectivity index (χ1) is 23.4. The maximum Gasteiger partial charge on any atom is 0.251 e. The van der Waals surface area contributed by atoms with Gasteiger partial charge in [0.15, 0.2) is 0 Å². The summed E-state index contributed by atoms with van der Waals surface area (Å²) in [7, 11) is 0. The molecule has 0 saturated carbocycles. The summed E-state index contributed by atoms with van der Waals surface area (Å²) in [5.41, 5.74) is 5.34. The van der Waals surface area contributed by atoms with Gasteiger partial charge in [-0.25, -0.2) is 4.39 Å². The lowest BCUT2D eigenvalue weighted by Gasteiger charge is -2.19. The standard InChI is InChI=1S/C37H37FN8O2/c38-29-12-6-27(7-13-29)24-40-34(48)28-10-16-31(17-11-28)42-36-44-35(45-37(46-36)43-32-18-20-33(47)21-19-32)41-30-14-8-26(9-15-30)23-39-22-25-4-2-1-3-5-25/h1-12,14-16,18-21,29,31,39,47H,13,17,22-24H2,(H,40,48)(H3,41,42,43,44,45,46). The van der Waals surface area contributed by atoms with Gasteiger partial charge in [-0.05, 0) is 59.5 Å². The van der Waals surface area contributed by atoms with E-state index in [-0.39, 0.29) is 17.7 Å². The molecule has 0 aliphatic heterocycles. The quantitative estimate of drug-likeness (QED) is 0.0919. The van der Waals surface area contributed by atoms with Gasteiger partial charge in [0.05, 0.1) is 6.04 Å². The predicted molar refractivity (Wildman–Crippen MR) is 187 cm³/mol. The van der Waals surface area contributed by atoms with Crippen molar-refractivity contribution in [3.8, 4) is 5.75 Å². The summed E-state index contributed by atoms with van der Waals surface area (Å²) in [5.74, 6) is 0.954. The zero-order chi connectivity index (χ0) is 33.1. The Labute approximate surface area is 278 Å². The molecule has 48 heavy (non-hydrogen) atoms. The van der Waals surface area contributed by atoms with Crippen LogP contribution in [0, 0.1) is 0 Å². The summed E-state index contributed by atoms with van der Waals surface area (Å²) in [6, 6.07) is 24.8. The summed E-state index contributed by atoms with van der Waals surface area (Å²) in [6.45, 7) is 1.87. The van der Waals surface area contributed by atoms with Crippen molar-refractivity contribution in [3.63, 3.8) is 0 Å². The predicted octanol–water partition coefficient (Wildman–Crippen LogP) is 6.36. The molecule has 1 aromatic heterocycles. The van der Waals surface area contributed by atoms with Crippen LogP contribution in [0.3, 0.4) is 0 Å². The summed E-state index contributed by atoms with van der Waals surface area (Å²) in [5, 5.41) is 25.8. The van der Waals surface area contributed by atoms with Crippen LogP contribution in [0.25, 0.3) is 0 Å². The van der Waals surface area contributed by atoms with Gasteiger partial charge in [0, 0.05) is 43.0 Å². The first-order valence-corrected chi connectivity index (χ1v) is 15.8. The SMILES string of the molecule is O=C(NCC1=CCC(F)C=C1)C1=CCC(Nc2nc(Nc3ccc(O)cc3)nc(Nc3ccc(CNCc4ccccc4)cc3)n2)C=C1. The second kappa shape index (κ2) is 15.7. The number of hydrogen-bond donors (Lipinski definition) is 6. The van der Waals surface area contributed by atoms with E-state index >= 15 is 0 Å². The highest BCUT2D eigenvalue weighted by Crippen LogP contribution is 2.22. The molecular weight excluding hydrogens is 607 g/mol. The van der Waals surface area contributed by atoms with Crippen LogP contribution in [-0.4, -0.2) is 44.7 Å². The normalized spacial score (nSPS) is 16.9. The van der Waals surface area contributed by atoms with Crippen LogP contribution in [0.4, 0.5) is 33.6 Å². The van der Waals surface area contributed by atoms with E-state index in [9.17, 15) is 14.3 Å². The molecule has 4 aromatic rings. The average molecular weight is 645 g/mol. The summed E-state index contributed by atoms with van der Waals surface area (Å²) >= 11 is 0. The molecule has 0 spiro atoms. The van der Waals surface area contributed by atoms with Crippen LogP contribution in [0.15, 0.2) is 126 Å². The van der Waals surface area contributed by atoms with Gasteiger partial charge >= 0.3 is 0 Å². The Bertz CT molecular complexity index is 1820. The molecule has 1 heterocycles. The fourth-order valence-corrected chi connectivity index (χ4v) is 5.12. The molecule has 2 aliphatic rings. The van der Waals surface area contributed by atoms with Crippen LogP contribution in [-0.2, 0) is 17.9 Å². The number of allylic oxidation sites excluding steroid dienone is 2. The fourth-order valence-electron chi connectivity index (χ4n) is 5.12. The smallest absolute Gasteiger partial charge is 0.251 e. The maximum atomic E-state index is 13.3. The molecule has 3 aromatic carbocycles. The first-order valence-electron chi connectivity index (χ1n) is 15.8. The van der Waals surface area contributed by atoms with Gasteiger partial charge < -0.3 is 31.7 Å². The van der Waals surface area contributed by atoms with E-state index in [1.54, 1.807) is 42.5 Å². The van der Waals surface area contributed by atoms with Crippen LogP contribution in [0.5, 0.6) is 5.75 Å². The van der Waals surface area contributed by atoms with E-state index in [1.165, 1.54) is 11.6 Å². The number of carbonyl (C=O) groups is 1. The monoisotopic (exact) mass is 644 g/mol. The minimum atomic E-state index is -0.960. The van der Waals surface area contributed by atoms with Crippen molar-refractivity contribution in [3.05, 3.63) is 138 Å². The molecule has 2 aliphatic carbocycles. The number of hydrogen-bond acceptors (Lipinski definition) is 9. The minimum absolute atomic E-state index is 0.155. The number of benzene rings is 3. The number of nitrogens with one attached hydrogen (secondary N) is 5. The van der Waals surface area contributed by atoms with Crippen molar-refractivity contribution in [2.75, 3.05) is 22.5 Å². The number of aromatic nitrogens is 3.